The van der Waals surface area contributed by atoms with Gasteiger partial charge in [-0.15, -0.1) is 0 Å². The minimum absolute atomic E-state index is 0.111. The quantitative estimate of drug-likeness (QED) is 0.0358. The van der Waals surface area contributed by atoms with Gasteiger partial charge in [-0.2, -0.15) is 23.5 Å². The molecule has 1 heterocycles. The van der Waals surface area contributed by atoms with Gasteiger partial charge in [-0.25, -0.2) is 0 Å². The highest BCUT2D eigenvalue weighted by atomic mass is 32.2. The van der Waals surface area contributed by atoms with Gasteiger partial charge >= 0.3 is 0 Å². The van der Waals surface area contributed by atoms with Crippen molar-refractivity contribution in [3.8, 4) is 0 Å². The third kappa shape index (κ3) is 29.3. The van der Waals surface area contributed by atoms with Crippen LogP contribution in [0.15, 0.2) is 36.4 Å². The highest BCUT2D eigenvalue weighted by Gasteiger charge is 2.25. The highest BCUT2D eigenvalue weighted by Crippen LogP contribution is 2.28. The SMILES string of the molecule is CCCCCCCCNC(=O)CC[C@H](NC(=O)c1cc2cc(c1)CSCc1cc(cc(C(=O)N[C@@H](CCC(=O)NCCCCCCCC)C(=O)NCCCCCCCC)c1)CSC2)C(=O)NCCCCCCCC. The number of amides is 6. The molecular weight excluding hydrogens is 965 g/mol. The van der Waals surface area contributed by atoms with Crippen molar-refractivity contribution >= 4 is 59.0 Å². The van der Waals surface area contributed by atoms with Crippen LogP contribution in [-0.2, 0) is 42.2 Å². The Hall–Kier alpha value is -4.04. The lowest BCUT2D eigenvalue weighted by Gasteiger charge is -2.20. The number of hydrogen-bond acceptors (Lipinski definition) is 8. The fraction of sp³-hybridized carbons (Fsp3) is 0.700. The van der Waals surface area contributed by atoms with E-state index >= 15 is 0 Å². The van der Waals surface area contributed by atoms with E-state index in [2.05, 4.69) is 71.7 Å². The molecule has 4 bridgehead atoms. The molecule has 0 unspecified atom stereocenters. The van der Waals surface area contributed by atoms with Crippen LogP contribution in [0.4, 0.5) is 0 Å². The Labute approximate surface area is 456 Å². The predicted molar refractivity (Wildman–Crippen MR) is 309 cm³/mol. The molecule has 6 N–H and O–H groups in total. The van der Waals surface area contributed by atoms with Crippen molar-refractivity contribution in [1.29, 1.82) is 0 Å². The molecule has 0 saturated carbocycles. The van der Waals surface area contributed by atoms with Crippen molar-refractivity contribution in [1.82, 2.24) is 31.9 Å². The largest absolute Gasteiger partial charge is 0.356 e. The molecule has 2 aromatic carbocycles. The lowest BCUT2D eigenvalue weighted by molar-refractivity contribution is -0.125. The van der Waals surface area contributed by atoms with Gasteiger partial charge in [0.05, 0.1) is 0 Å². The normalized spacial score (nSPS) is 13.1. The van der Waals surface area contributed by atoms with Crippen LogP contribution < -0.4 is 31.9 Å². The van der Waals surface area contributed by atoms with E-state index in [0.717, 1.165) is 86.5 Å². The molecule has 0 saturated heterocycles. The summed E-state index contributed by atoms with van der Waals surface area (Å²) in [5.74, 6) is 1.04. The van der Waals surface area contributed by atoms with Gasteiger partial charge in [0.2, 0.25) is 23.6 Å². The molecule has 12 nitrogen and oxygen atoms in total. The van der Waals surface area contributed by atoms with Gasteiger partial charge < -0.3 is 31.9 Å². The maximum absolute atomic E-state index is 14.1. The summed E-state index contributed by atoms with van der Waals surface area (Å²) in [5.41, 5.74) is 4.90. The maximum Gasteiger partial charge on any atom is 0.251 e. The molecule has 0 fully saturated rings. The summed E-state index contributed by atoms with van der Waals surface area (Å²) in [7, 11) is 0. The van der Waals surface area contributed by atoms with Gasteiger partial charge in [-0.3, -0.25) is 28.8 Å². The maximum atomic E-state index is 14.1. The number of rotatable bonds is 40. The highest BCUT2D eigenvalue weighted by molar-refractivity contribution is 7.98. The molecular formula is C60H98N6O6S2. The first kappa shape index (κ1) is 64.2. The van der Waals surface area contributed by atoms with Crippen molar-refractivity contribution in [2.45, 2.75) is 243 Å². The average molecular weight is 1060 g/mol. The topological polar surface area (TPSA) is 175 Å². The van der Waals surface area contributed by atoms with Crippen LogP contribution >= 0.6 is 23.5 Å². The number of thioether (sulfide) groups is 2. The molecule has 416 valence electrons. The smallest absolute Gasteiger partial charge is 0.251 e. The Balaban J connectivity index is 1.67. The summed E-state index contributed by atoms with van der Waals surface area (Å²) >= 11 is 3.37. The van der Waals surface area contributed by atoms with E-state index in [1.807, 2.05) is 24.3 Å². The van der Waals surface area contributed by atoms with Crippen LogP contribution in [0.25, 0.3) is 0 Å². The lowest BCUT2D eigenvalue weighted by atomic mass is 10.0. The minimum Gasteiger partial charge on any atom is -0.356 e. The molecule has 3 rings (SSSR count). The van der Waals surface area contributed by atoms with Crippen molar-refractivity contribution in [3.05, 3.63) is 69.8 Å². The standard InChI is InChI=1S/C60H98N6O6S2/c1-5-9-13-17-21-25-33-61-55(67)31-29-53(59(71)63-35-27-23-19-15-11-7-3)65-57(69)51-39-47-37-48(40-51)44-74-46-50-38-49(45-73-43-47)41-52(42-50)58(70)66-54(60(72)64-36-28-24-20-16-12-8-4)30-32-56(68)62-34-26-22-18-14-10-6-2/h37-42,53-54H,5-36,43-46H2,1-4H3,(H,61,67)(H,62,68)(H,63,71)(H,64,72)(H,65,69)(H,66,70)/t53-,54-/m0/s1. The van der Waals surface area contributed by atoms with Gasteiger partial charge in [0.1, 0.15) is 12.1 Å². The van der Waals surface area contributed by atoms with E-state index < -0.39 is 12.1 Å². The van der Waals surface area contributed by atoms with Crippen LogP contribution in [0, 0.1) is 0 Å². The van der Waals surface area contributed by atoms with E-state index in [1.54, 1.807) is 23.5 Å². The molecule has 74 heavy (non-hydrogen) atoms. The fourth-order valence-corrected chi connectivity index (χ4v) is 11.0. The zero-order chi connectivity index (χ0) is 53.4. The van der Waals surface area contributed by atoms with Gasteiger partial charge in [0.15, 0.2) is 0 Å². The van der Waals surface area contributed by atoms with Crippen molar-refractivity contribution < 1.29 is 28.8 Å². The number of carbonyl (C=O) groups excluding carboxylic acids is 6. The number of unbranched alkanes of at least 4 members (excludes halogenated alkanes) is 20. The monoisotopic (exact) mass is 1060 g/mol. The van der Waals surface area contributed by atoms with E-state index in [0.29, 0.717) is 60.3 Å². The average Bonchev–Trinajstić information content (AvgIpc) is 3.39. The molecule has 0 spiro atoms. The lowest BCUT2D eigenvalue weighted by Crippen LogP contribution is -2.47. The fourth-order valence-electron chi connectivity index (χ4n) is 9.19. The van der Waals surface area contributed by atoms with Crippen molar-refractivity contribution in [2.75, 3.05) is 26.2 Å². The zero-order valence-electron chi connectivity index (χ0n) is 46.3. The third-order valence-electron chi connectivity index (χ3n) is 13.6. The van der Waals surface area contributed by atoms with E-state index in [1.165, 1.54) is 89.9 Å². The molecule has 1 aliphatic rings. The predicted octanol–water partition coefficient (Wildman–Crippen LogP) is 12.5. The Kier molecular flexibility index (Phi) is 35.7. The Morgan fingerprint density at radius 2 is 0.649 bits per heavy atom. The van der Waals surface area contributed by atoms with Crippen LogP contribution in [0.5, 0.6) is 0 Å². The first-order valence-electron chi connectivity index (χ1n) is 29.2. The zero-order valence-corrected chi connectivity index (χ0v) is 48.0. The van der Waals surface area contributed by atoms with Gasteiger partial charge in [-0.05, 0) is 85.0 Å². The number of benzene rings is 2. The first-order chi connectivity index (χ1) is 36.1. The molecule has 0 aliphatic carbocycles. The Bertz CT molecular complexity index is 1750. The Morgan fingerprint density at radius 1 is 0.378 bits per heavy atom. The number of carbonyl (C=O) groups is 6. The molecule has 1 aliphatic heterocycles. The number of hydrogen-bond donors (Lipinski definition) is 6. The van der Waals surface area contributed by atoms with Crippen LogP contribution in [0.2, 0.25) is 0 Å². The summed E-state index contributed by atoms with van der Waals surface area (Å²) < 4.78 is 0. The van der Waals surface area contributed by atoms with Crippen molar-refractivity contribution in [2.24, 2.45) is 0 Å². The minimum atomic E-state index is -0.853. The van der Waals surface area contributed by atoms with E-state index in [4.69, 9.17) is 0 Å². The van der Waals surface area contributed by atoms with Crippen LogP contribution in [0.1, 0.15) is 250 Å². The van der Waals surface area contributed by atoms with E-state index in [9.17, 15) is 28.8 Å². The third-order valence-corrected chi connectivity index (χ3v) is 15.8. The second-order valence-corrected chi connectivity index (χ2v) is 22.5. The first-order valence-corrected chi connectivity index (χ1v) is 31.5. The Morgan fingerprint density at radius 3 is 0.946 bits per heavy atom. The molecule has 0 aromatic heterocycles. The summed E-state index contributed by atoms with van der Waals surface area (Å²) in [6.45, 7) is 11.1. The van der Waals surface area contributed by atoms with Gasteiger partial charge in [-0.1, -0.05) is 168 Å². The summed E-state index contributed by atoms with van der Waals surface area (Å²) in [4.78, 5) is 81.2. The second kappa shape index (κ2) is 41.2. The molecule has 6 amide bonds. The second-order valence-electron chi connectivity index (χ2n) is 20.5. The van der Waals surface area contributed by atoms with Crippen molar-refractivity contribution in [3.63, 3.8) is 0 Å². The van der Waals surface area contributed by atoms with Gasteiger partial charge in [0.25, 0.3) is 11.8 Å². The van der Waals surface area contributed by atoms with Crippen LogP contribution in [-0.4, -0.2) is 73.7 Å². The number of fused-ring (bicyclic) bond motifs is 4. The van der Waals surface area contributed by atoms with Crippen LogP contribution in [0.3, 0.4) is 0 Å². The molecule has 2 aromatic rings. The summed E-state index contributed by atoms with van der Waals surface area (Å²) in [6, 6.07) is 10.1. The molecule has 14 heteroatoms. The summed E-state index contributed by atoms with van der Waals surface area (Å²) in [5, 5.41) is 18.1. The van der Waals surface area contributed by atoms with E-state index in [-0.39, 0.29) is 61.1 Å². The molecule has 2 atom stereocenters. The van der Waals surface area contributed by atoms with Gasteiger partial charge in [0, 0.05) is 73.2 Å². The number of nitrogens with one attached hydrogen (secondary N) is 6. The molecule has 0 radical (unpaired) electrons. The summed E-state index contributed by atoms with van der Waals surface area (Å²) in [6.07, 6.45) is 27.5.